The molecular weight excluding hydrogens is 491 g/mol. The van der Waals surface area contributed by atoms with Crippen molar-refractivity contribution >= 4 is 34.7 Å². The van der Waals surface area contributed by atoms with Gasteiger partial charge in [-0.1, -0.05) is 0 Å². The number of carbonyl (C=O) groups excluding carboxylic acids is 2. The number of alkyl halides is 3. The molecule has 3 heterocycles. The van der Waals surface area contributed by atoms with Crippen LogP contribution < -0.4 is 11.1 Å². The number of furan rings is 1. The quantitative estimate of drug-likeness (QED) is 0.276. The lowest BCUT2D eigenvalue weighted by Gasteiger charge is -2.09. The molecule has 0 saturated carbocycles. The molecule has 1 aromatic carbocycles. The number of pyridine rings is 1. The van der Waals surface area contributed by atoms with Crippen molar-refractivity contribution in [3.8, 4) is 11.4 Å². The molecule has 37 heavy (non-hydrogen) atoms. The van der Waals surface area contributed by atoms with Crippen LogP contribution in [0.4, 0.5) is 19.0 Å². The Labute approximate surface area is 208 Å². The predicted molar refractivity (Wildman–Crippen MR) is 128 cm³/mol. The smallest absolute Gasteiger partial charge is 0.420 e. The highest BCUT2D eigenvalue weighted by Crippen LogP contribution is 2.38. The fourth-order valence-electron chi connectivity index (χ4n) is 3.35. The minimum absolute atomic E-state index is 0.0150. The predicted octanol–water partition coefficient (Wildman–Crippen LogP) is 4.39. The third-order valence-electron chi connectivity index (χ3n) is 5.07. The number of halogens is 3. The molecule has 9 nitrogen and oxygen atoms in total. The van der Waals surface area contributed by atoms with Crippen molar-refractivity contribution in [3.63, 3.8) is 0 Å². The van der Waals surface area contributed by atoms with Gasteiger partial charge in [0, 0.05) is 35.6 Å². The lowest BCUT2D eigenvalue weighted by molar-refractivity contribution is -0.136. The maximum Gasteiger partial charge on any atom is 0.420 e. The van der Waals surface area contributed by atoms with Crippen LogP contribution in [-0.4, -0.2) is 33.4 Å². The molecule has 0 atom stereocenters. The van der Waals surface area contributed by atoms with Gasteiger partial charge in [0.05, 0.1) is 24.3 Å². The number of nitrogens with one attached hydrogen (secondary N) is 1. The van der Waals surface area contributed by atoms with Gasteiger partial charge < -0.3 is 20.2 Å². The van der Waals surface area contributed by atoms with Gasteiger partial charge >= 0.3 is 12.1 Å². The maximum absolute atomic E-state index is 13.8. The molecule has 0 unspecified atom stereocenters. The lowest BCUT2D eigenvalue weighted by Crippen LogP contribution is -2.19. The first-order valence-corrected chi connectivity index (χ1v) is 10.9. The number of amides is 1. The first-order chi connectivity index (χ1) is 17.6. The molecular formula is C25H20F3N5O4. The molecule has 4 aromatic rings. The number of nitrogens with two attached hydrogens (primary N) is 1. The average Bonchev–Trinajstić information content (AvgIpc) is 3.29. The number of aromatic nitrogens is 3. The van der Waals surface area contributed by atoms with Crippen molar-refractivity contribution in [2.45, 2.75) is 19.6 Å². The summed E-state index contributed by atoms with van der Waals surface area (Å²) < 4.78 is 51.8. The number of nitrogens with zero attached hydrogens (tertiary/aromatic N) is 3. The van der Waals surface area contributed by atoms with Crippen LogP contribution in [0.25, 0.3) is 28.4 Å². The summed E-state index contributed by atoms with van der Waals surface area (Å²) in [6, 6.07) is 6.96. The first kappa shape index (κ1) is 25.4. The summed E-state index contributed by atoms with van der Waals surface area (Å²) in [5.74, 6) is -0.676. The van der Waals surface area contributed by atoms with Crippen molar-refractivity contribution in [1.29, 1.82) is 0 Å². The summed E-state index contributed by atoms with van der Waals surface area (Å²) in [5.41, 5.74) is 4.91. The Morgan fingerprint density at radius 3 is 2.51 bits per heavy atom. The topological polar surface area (TPSA) is 133 Å². The molecule has 3 aromatic heterocycles. The van der Waals surface area contributed by atoms with Crippen molar-refractivity contribution in [1.82, 2.24) is 20.3 Å². The molecule has 0 aliphatic carbocycles. The number of nitrogen functional groups attached to an aromatic ring is 1. The van der Waals surface area contributed by atoms with E-state index in [9.17, 15) is 22.8 Å². The molecule has 0 aliphatic heterocycles. The molecule has 0 bridgehead atoms. The zero-order valence-electron chi connectivity index (χ0n) is 19.4. The van der Waals surface area contributed by atoms with E-state index < -0.39 is 23.6 Å². The average molecular weight is 511 g/mol. The Morgan fingerprint density at radius 1 is 1.11 bits per heavy atom. The highest BCUT2D eigenvalue weighted by Gasteiger charge is 2.35. The first-order valence-electron chi connectivity index (χ1n) is 10.9. The second-order valence-electron chi connectivity index (χ2n) is 7.74. The number of fused-ring (bicyclic) bond motifs is 1. The number of esters is 1. The molecule has 0 fully saturated rings. The standard InChI is InChI=1S/C25H20F3N5O4/c1-2-36-24(35)17-11-32-23(33-12-17)16-7-15-8-18(37-22(15)19(9-16)25(26,27)28)13-31-21(34)6-4-14-3-5-20(29)30-10-14/h3-12H,2,13H2,1H3,(H2,29,30)(H,31,34). The maximum atomic E-state index is 13.8. The van der Waals surface area contributed by atoms with Crippen LogP contribution in [-0.2, 0) is 22.3 Å². The highest BCUT2D eigenvalue weighted by molar-refractivity contribution is 5.92. The van der Waals surface area contributed by atoms with Gasteiger partial charge in [-0.3, -0.25) is 4.79 Å². The minimum Gasteiger partial charge on any atom is -0.462 e. The van der Waals surface area contributed by atoms with E-state index in [4.69, 9.17) is 14.9 Å². The molecule has 12 heteroatoms. The van der Waals surface area contributed by atoms with Gasteiger partial charge in [-0.05, 0) is 48.9 Å². The fourth-order valence-corrected chi connectivity index (χ4v) is 3.35. The van der Waals surface area contributed by atoms with Gasteiger partial charge in [0.15, 0.2) is 5.82 Å². The molecule has 0 aliphatic rings. The monoisotopic (exact) mass is 511 g/mol. The molecule has 0 saturated heterocycles. The summed E-state index contributed by atoms with van der Waals surface area (Å²) >= 11 is 0. The summed E-state index contributed by atoms with van der Waals surface area (Å²) in [4.78, 5) is 35.9. The summed E-state index contributed by atoms with van der Waals surface area (Å²) in [6.07, 6.45) is 1.90. The largest absolute Gasteiger partial charge is 0.462 e. The SMILES string of the molecule is CCOC(=O)c1cnc(-c2cc(C(F)(F)F)c3oc(CNC(=O)C=Cc4ccc(N)nc4)cc3c2)nc1. The van der Waals surface area contributed by atoms with Crippen LogP contribution >= 0.6 is 0 Å². The van der Waals surface area contributed by atoms with E-state index >= 15 is 0 Å². The Kier molecular flexibility index (Phi) is 7.18. The van der Waals surface area contributed by atoms with Crippen molar-refractivity contribution < 1.29 is 31.9 Å². The van der Waals surface area contributed by atoms with Gasteiger partial charge in [0.25, 0.3) is 0 Å². The summed E-state index contributed by atoms with van der Waals surface area (Å²) in [5, 5.41) is 2.71. The van der Waals surface area contributed by atoms with Crippen LogP contribution in [0.5, 0.6) is 0 Å². The van der Waals surface area contributed by atoms with Crippen molar-refractivity contribution in [3.05, 3.63) is 77.4 Å². The van der Waals surface area contributed by atoms with Crippen molar-refractivity contribution in [2.75, 3.05) is 12.3 Å². The van der Waals surface area contributed by atoms with E-state index in [1.165, 1.54) is 42.9 Å². The van der Waals surface area contributed by atoms with Crippen LogP contribution in [0.2, 0.25) is 0 Å². The Balaban J connectivity index is 1.56. The zero-order valence-corrected chi connectivity index (χ0v) is 19.4. The molecule has 1 amide bonds. The number of ether oxygens (including phenoxy) is 1. The molecule has 4 rings (SSSR count). The summed E-state index contributed by atoms with van der Waals surface area (Å²) in [7, 11) is 0. The van der Waals surface area contributed by atoms with E-state index in [1.54, 1.807) is 19.1 Å². The van der Waals surface area contributed by atoms with Gasteiger partial charge in [-0.25, -0.2) is 19.7 Å². The van der Waals surface area contributed by atoms with Crippen LogP contribution in [0.1, 0.15) is 34.2 Å². The van der Waals surface area contributed by atoms with Crippen molar-refractivity contribution in [2.24, 2.45) is 0 Å². The molecule has 0 spiro atoms. The Hall–Kier alpha value is -4.74. The molecule has 0 radical (unpaired) electrons. The second-order valence-corrected chi connectivity index (χ2v) is 7.74. The number of benzene rings is 1. The number of anilines is 1. The third kappa shape index (κ3) is 6.10. The number of carbonyl (C=O) groups is 2. The van der Waals surface area contributed by atoms with E-state index in [1.807, 2.05) is 0 Å². The van der Waals surface area contributed by atoms with Gasteiger partial charge in [-0.2, -0.15) is 13.2 Å². The second kappa shape index (κ2) is 10.5. The van der Waals surface area contributed by atoms with Crippen LogP contribution in [0, 0.1) is 0 Å². The van der Waals surface area contributed by atoms with E-state index in [0.717, 1.165) is 6.07 Å². The van der Waals surface area contributed by atoms with Crippen LogP contribution in [0.3, 0.4) is 0 Å². The van der Waals surface area contributed by atoms with Gasteiger partial charge in [0.1, 0.15) is 17.2 Å². The molecule has 3 N–H and O–H groups in total. The fraction of sp³-hybridized carbons (Fsp3) is 0.160. The Bertz CT molecular complexity index is 1460. The number of rotatable bonds is 7. The lowest BCUT2D eigenvalue weighted by atomic mass is 10.1. The number of hydrogen-bond acceptors (Lipinski definition) is 8. The third-order valence-corrected chi connectivity index (χ3v) is 5.07. The minimum atomic E-state index is -4.73. The number of hydrogen-bond donors (Lipinski definition) is 2. The van der Waals surface area contributed by atoms with E-state index in [0.29, 0.717) is 11.4 Å². The molecule has 190 valence electrons. The van der Waals surface area contributed by atoms with Crippen LogP contribution in [0.15, 0.2) is 59.4 Å². The highest BCUT2D eigenvalue weighted by atomic mass is 19.4. The Morgan fingerprint density at radius 2 is 1.86 bits per heavy atom. The van der Waals surface area contributed by atoms with Gasteiger partial charge in [-0.15, -0.1) is 0 Å². The van der Waals surface area contributed by atoms with E-state index in [-0.39, 0.29) is 46.8 Å². The zero-order chi connectivity index (χ0) is 26.6. The normalized spacial score (nSPS) is 11.7. The summed E-state index contributed by atoms with van der Waals surface area (Å²) in [6.45, 7) is 1.66. The van der Waals surface area contributed by atoms with E-state index in [2.05, 4.69) is 20.3 Å². The van der Waals surface area contributed by atoms with Gasteiger partial charge in [0.2, 0.25) is 5.91 Å².